The van der Waals surface area contributed by atoms with Gasteiger partial charge >= 0.3 is 19.8 Å². The minimum absolute atomic E-state index is 0.0546. The molecular weight excluding hydrogens is 978 g/mol. The van der Waals surface area contributed by atoms with Crippen molar-refractivity contribution in [3.63, 3.8) is 0 Å². The monoisotopic (exact) mass is 1110 g/mol. The Balaban J connectivity index is 3.71. The van der Waals surface area contributed by atoms with Crippen LogP contribution in [-0.4, -0.2) is 49.3 Å². The molecule has 0 spiro atoms. The van der Waals surface area contributed by atoms with Gasteiger partial charge in [-0.05, 0) is 70.6 Å². The average molecular weight is 1110 g/mol. The Bertz CT molecular complexity index is 1350. The lowest BCUT2D eigenvalue weighted by Crippen LogP contribution is -2.29. The van der Waals surface area contributed by atoms with Crippen molar-refractivity contribution >= 4 is 19.8 Å². The Kier molecular flexibility index (Phi) is 62.0. The summed E-state index contributed by atoms with van der Waals surface area (Å²) in [6.45, 7) is 3.77. The van der Waals surface area contributed by atoms with Gasteiger partial charge in [-0.15, -0.1) is 0 Å². The minimum atomic E-state index is -4.39. The summed E-state index contributed by atoms with van der Waals surface area (Å²) in [5.41, 5.74) is 5.38. The number of hydrogen-bond donors (Lipinski definition) is 2. The first-order valence-corrected chi connectivity index (χ1v) is 35.0. The highest BCUT2D eigenvalue weighted by Crippen LogP contribution is 2.43. The molecule has 2 unspecified atom stereocenters. The van der Waals surface area contributed by atoms with Gasteiger partial charge in [0.25, 0.3) is 0 Å². The van der Waals surface area contributed by atoms with Crippen LogP contribution in [0.4, 0.5) is 0 Å². The van der Waals surface area contributed by atoms with E-state index in [9.17, 15) is 19.0 Å². The van der Waals surface area contributed by atoms with Gasteiger partial charge in [0.2, 0.25) is 0 Å². The first-order chi connectivity index (χ1) is 37.8. The number of carbonyl (C=O) groups excluding carboxylic acids is 2. The predicted octanol–water partition coefficient (Wildman–Crippen LogP) is 21.5. The zero-order valence-electron chi connectivity index (χ0n) is 51.0. The van der Waals surface area contributed by atoms with Gasteiger partial charge in [0.15, 0.2) is 6.10 Å². The van der Waals surface area contributed by atoms with E-state index in [0.717, 1.165) is 57.8 Å². The van der Waals surface area contributed by atoms with Crippen LogP contribution in [0.15, 0.2) is 36.5 Å². The van der Waals surface area contributed by atoms with E-state index in [1.165, 1.54) is 257 Å². The van der Waals surface area contributed by atoms with E-state index in [-0.39, 0.29) is 38.6 Å². The molecule has 0 aromatic rings. The standard InChI is InChI=1S/C67H128NO8P/c1-3-5-7-9-11-13-15-17-19-20-21-22-23-24-25-26-27-28-29-30-31-32-33-34-35-36-37-38-39-40-41-42-43-44-46-48-50-52-54-56-58-60-67(70)76-65(64-75-77(71,72)74-62-61-68)63-73-66(69)59-57-55-53-51-49-47-45-18-16-14-12-10-8-6-4-2/h15,17-18,20-21,45,65H,3-14,16,19,22-44,46-64,68H2,1-2H3,(H,71,72)/b17-15-,21-20-,45-18-. The third-order valence-corrected chi connectivity index (χ3v) is 16.0. The van der Waals surface area contributed by atoms with Crippen molar-refractivity contribution in [2.24, 2.45) is 5.73 Å². The van der Waals surface area contributed by atoms with Crippen LogP contribution in [0, 0.1) is 0 Å². The first kappa shape index (κ1) is 75.2. The number of phosphoric ester groups is 1. The molecular formula is C67H128NO8P. The summed E-state index contributed by atoms with van der Waals surface area (Å²) >= 11 is 0. The summed E-state index contributed by atoms with van der Waals surface area (Å²) in [5, 5.41) is 0. The quantitative estimate of drug-likeness (QED) is 0.0264. The number of hydrogen-bond acceptors (Lipinski definition) is 8. The normalized spacial score (nSPS) is 13.1. The van der Waals surface area contributed by atoms with Gasteiger partial charge < -0.3 is 20.1 Å². The molecule has 0 bridgehead atoms. The summed E-state index contributed by atoms with van der Waals surface area (Å²) in [4.78, 5) is 35.2. The Hall–Kier alpha value is -1.77. The van der Waals surface area contributed by atoms with Crippen LogP contribution >= 0.6 is 7.82 Å². The van der Waals surface area contributed by atoms with E-state index in [4.69, 9.17) is 24.3 Å². The highest BCUT2D eigenvalue weighted by molar-refractivity contribution is 7.47. The van der Waals surface area contributed by atoms with Crippen molar-refractivity contribution in [3.05, 3.63) is 36.5 Å². The van der Waals surface area contributed by atoms with Crippen LogP contribution in [0.2, 0.25) is 0 Å². The van der Waals surface area contributed by atoms with E-state index < -0.39 is 26.5 Å². The maximum atomic E-state index is 12.7. The predicted molar refractivity (Wildman–Crippen MR) is 330 cm³/mol. The fraction of sp³-hybridized carbons (Fsp3) is 0.881. The highest BCUT2D eigenvalue weighted by atomic mass is 31.2. The summed E-state index contributed by atoms with van der Waals surface area (Å²) in [6, 6.07) is 0. The lowest BCUT2D eigenvalue weighted by Gasteiger charge is -2.19. The second-order valence-electron chi connectivity index (χ2n) is 22.7. The molecule has 0 heterocycles. The summed E-state index contributed by atoms with van der Waals surface area (Å²) in [7, 11) is -4.39. The molecule has 10 heteroatoms. The zero-order chi connectivity index (χ0) is 55.9. The SMILES string of the molecule is CCCCCCC/C=C\C/C=C\CCCCCCCCCCCCCCCCCCCCCCCCCCCCCCCC(=O)OC(COC(=O)CCCCCCC/C=C\CCCCCCCC)COP(=O)(O)OCCN. The van der Waals surface area contributed by atoms with E-state index >= 15 is 0 Å². The largest absolute Gasteiger partial charge is 0.472 e. The Morgan fingerprint density at radius 3 is 1.00 bits per heavy atom. The number of unbranched alkanes of at least 4 members (excludes halogenated alkanes) is 45. The van der Waals surface area contributed by atoms with Crippen LogP contribution in [-0.2, 0) is 32.7 Å². The van der Waals surface area contributed by atoms with Crippen molar-refractivity contribution in [3.8, 4) is 0 Å². The van der Waals surface area contributed by atoms with Gasteiger partial charge in [-0.3, -0.25) is 18.6 Å². The third kappa shape index (κ3) is 63.3. The lowest BCUT2D eigenvalue weighted by atomic mass is 10.0. The number of allylic oxidation sites excluding steroid dienone is 6. The Labute approximate surface area is 477 Å². The van der Waals surface area contributed by atoms with Crippen LogP contribution in [0.5, 0.6) is 0 Å². The second-order valence-corrected chi connectivity index (χ2v) is 24.1. The number of nitrogens with two attached hydrogens (primary N) is 1. The number of esters is 2. The smallest absolute Gasteiger partial charge is 0.462 e. The number of carbonyl (C=O) groups is 2. The lowest BCUT2D eigenvalue weighted by molar-refractivity contribution is -0.161. The fourth-order valence-electron chi connectivity index (χ4n) is 10.0. The molecule has 0 aromatic heterocycles. The molecule has 454 valence electrons. The highest BCUT2D eigenvalue weighted by Gasteiger charge is 2.26. The summed E-state index contributed by atoms with van der Waals surface area (Å²) < 4.78 is 33.0. The van der Waals surface area contributed by atoms with Crippen LogP contribution in [0.25, 0.3) is 0 Å². The van der Waals surface area contributed by atoms with Crippen molar-refractivity contribution in [1.29, 1.82) is 0 Å². The maximum Gasteiger partial charge on any atom is 0.472 e. The van der Waals surface area contributed by atoms with Crippen molar-refractivity contribution in [1.82, 2.24) is 0 Å². The molecule has 0 aliphatic rings. The van der Waals surface area contributed by atoms with Gasteiger partial charge in [0.05, 0.1) is 13.2 Å². The Morgan fingerprint density at radius 1 is 0.390 bits per heavy atom. The summed E-state index contributed by atoms with van der Waals surface area (Å²) in [5.74, 6) is -0.821. The van der Waals surface area contributed by atoms with Crippen molar-refractivity contribution in [2.45, 2.75) is 354 Å². The molecule has 9 nitrogen and oxygen atoms in total. The molecule has 0 amide bonds. The molecule has 2 atom stereocenters. The number of ether oxygens (including phenoxy) is 2. The topological polar surface area (TPSA) is 134 Å². The van der Waals surface area contributed by atoms with E-state index in [2.05, 4.69) is 50.3 Å². The van der Waals surface area contributed by atoms with Gasteiger partial charge in [0.1, 0.15) is 6.61 Å². The molecule has 0 fully saturated rings. The maximum absolute atomic E-state index is 12.7. The first-order valence-electron chi connectivity index (χ1n) is 33.5. The fourth-order valence-corrected chi connectivity index (χ4v) is 10.8. The molecule has 77 heavy (non-hydrogen) atoms. The van der Waals surface area contributed by atoms with Crippen LogP contribution in [0.1, 0.15) is 348 Å². The zero-order valence-corrected chi connectivity index (χ0v) is 51.9. The number of rotatable bonds is 64. The van der Waals surface area contributed by atoms with Crippen LogP contribution < -0.4 is 5.73 Å². The second kappa shape index (κ2) is 63.4. The molecule has 0 aliphatic heterocycles. The average Bonchev–Trinajstić information content (AvgIpc) is 3.42. The molecule has 0 aromatic carbocycles. The molecule has 3 N–H and O–H groups in total. The van der Waals surface area contributed by atoms with E-state index in [0.29, 0.717) is 6.42 Å². The van der Waals surface area contributed by atoms with Gasteiger partial charge in [-0.25, -0.2) is 4.57 Å². The van der Waals surface area contributed by atoms with Gasteiger partial charge in [0, 0.05) is 19.4 Å². The molecule has 0 rings (SSSR count). The van der Waals surface area contributed by atoms with Gasteiger partial charge in [-0.1, -0.05) is 301 Å². The van der Waals surface area contributed by atoms with E-state index in [1.54, 1.807) is 0 Å². The van der Waals surface area contributed by atoms with Gasteiger partial charge in [-0.2, -0.15) is 0 Å². The van der Waals surface area contributed by atoms with Crippen molar-refractivity contribution in [2.75, 3.05) is 26.4 Å². The molecule has 0 radical (unpaired) electrons. The summed E-state index contributed by atoms with van der Waals surface area (Å²) in [6.07, 6.45) is 78.3. The molecule has 0 saturated carbocycles. The van der Waals surface area contributed by atoms with Crippen LogP contribution in [0.3, 0.4) is 0 Å². The Morgan fingerprint density at radius 2 is 0.675 bits per heavy atom. The van der Waals surface area contributed by atoms with E-state index in [1.807, 2.05) is 0 Å². The third-order valence-electron chi connectivity index (χ3n) is 15.0. The minimum Gasteiger partial charge on any atom is -0.462 e. The number of phosphoric acid groups is 1. The van der Waals surface area contributed by atoms with Crippen molar-refractivity contribution < 1.29 is 37.6 Å². The molecule has 0 saturated heterocycles. The molecule has 0 aliphatic carbocycles.